The number of ether oxygens (including phenoxy) is 1. The van der Waals surface area contributed by atoms with Crippen LogP contribution in [-0.4, -0.2) is 30.7 Å². The zero-order chi connectivity index (χ0) is 18.9. The largest absolute Gasteiger partial charge is 0.497 e. The summed E-state index contributed by atoms with van der Waals surface area (Å²) >= 11 is 0. The van der Waals surface area contributed by atoms with Gasteiger partial charge in [-0.3, -0.25) is 4.90 Å². The minimum atomic E-state index is -1.25. The Morgan fingerprint density at radius 3 is 1.96 bits per heavy atom. The molecule has 3 nitrogen and oxygen atoms in total. The Morgan fingerprint density at radius 2 is 1.52 bits per heavy atom. The van der Waals surface area contributed by atoms with Gasteiger partial charge in [0.2, 0.25) is 0 Å². The molecule has 4 rings (SSSR count). The summed E-state index contributed by atoms with van der Waals surface area (Å²) in [5.41, 5.74) is 2.50. The molecule has 1 unspecified atom stereocenters. The van der Waals surface area contributed by atoms with Gasteiger partial charge in [0.25, 0.3) is 0 Å². The monoisotopic (exact) mass is 359 g/mol. The number of likely N-dealkylation sites (tertiary alicyclic amines) is 1. The molecule has 3 heteroatoms. The Hall–Kier alpha value is -2.62. The first-order valence-electron chi connectivity index (χ1n) is 9.36. The topological polar surface area (TPSA) is 32.7 Å². The van der Waals surface area contributed by atoms with Gasteiger partial charge in [-0.2, -0.15) is 0 Å². The highest BCUT2D eigenvalue weighted by molar-refractivity contribution is 5.53. The van der Waals surface area contributed by atoms with E-state index >= 15 is 0 Å². The maximum Gasteiger partial charge on any atom is 0.141 e. The van der Waals surface area contributed by atoms with Crippen LogP contribution in [0, 0.1) is 0 Å². The summed E-state index contributed by atoms with van der Waals surface area (Å²) in [5.74, 6) is 0.751. The van der Waals surface area contributed by atoms with E-state index in [1.807, 2.05) is 72.8 Å². The Bertz CT molecular complexity index is 869. The first kappa shape index (κ1) is 17.8. The lowest BCUT2D eigenvalue weighted by Gasteiger charge is -2.42. The van der Waals surface area contributed by atoms with E-state index in [0.717, 1.165) is 41.0 Å². The van der Waals surface area contributed by atoms with Crippen LogP contribution in [0.15, 0.2) is 78.9 Å². The molecule has 0 radical (unpaired) electrons. The van der Waals surface area contributed by atoms with Crippen LogP contribution in [0.2, 0.25) is 0 Å². The first-order chi connectivity index (χ1) is 13.1. The molecule has 0 aliphatic carbocycles. The van der Waals surface area contributed by atoms with Crippen molar-refractivity contribution in [1.82, 2.24) is 4.90 Å². The maximum absolute atomic E-state index is 12.2. The number of methoxy groups -OCH3 is 1. The second-order valence-electron chi connectivity index (χ2n) is 7.18. The molecule has 138 valence electrons. The molecule has 1 aliphatic rings. The van der Waals surface area contributed by atoms with E-state index in [-0.39, 0.29) is 0 Å². The fraction of sp³-hybridized carbons (Fsp3) is 0.250. The Kier molecular flexibility index (Phi) is 4.73. The van der Waals surface area contributed by atoms with Gasteiger partial charge in [0.15, 0.2) is 0 Å². The summed E-state index contributed by atoms with van der Waals surface area (Å²) in [6, 6.07) is 26.2. The van der Waals surface area contributed by atoms with Crippen molar-refractivity contribution >= 4 is 0 Å². The summed E-state index contributed by atoms with van der Waals surface area (Å²) in [4.78, 5) is 2.32. The minimum Gasteiger partial charge on any atom is -0.497 e. The molecule has 1 N–H and O–H groups in total. The standard InChI is InChI=1S/C24H25NO2/c1-25-16-15-23(25)21-14-13-20(27-2)17-22(21)24(26,18-9-5-3-6-10-18)19-11-7-4-8-12-19/h3-14,17,23,26H,15-16H2,1-2H3. The van der Waals surface area contributed by atoms with Gasteiger partial charge < -0.3 is 9.84 Å². The molecular weight excluding hydrogens is 334 g/mol. The van der Waals surface area contributed by atoms with E-state index in [2.05, 4.69) is 18.0 Å². The van der Waals surface area contributed by atoms with Crippen LogP contribution in [0.4, 0.5) is 0 Å². The quantitative estimate of drug-likeness (QED) is 0.687. The third-order valence-corrected chi connectivity index (χ3v) is 5.68. The summed E-state index contributed by atoms with van der Waals surface area (Å²) < 4.78 is 5.51. The fourth-order valence-electron chi connectivity index (χ4n) is 4.01. The predicted octanol–water partition coefficient (Wildman–Crippen LogP) is 4.36. The molecule has 0 saturated carbocycles. The van der Waals surface area contributed by atoms with Gasteiger partial charge in [-0.15, -0.1) is 0 Å². The zero-order valence-corrected chi connectivity index (χ0v) is 15.8. The number of aliphatic hydroxyl groups is 1. The van der Waals surface area contributed by atoms with Crippen LogP contribution in [0.25, 0.3) is 0 Å². The SMILES string of the molecule is COc1ccc(C2CCN2C)c(C(O)(c2ccccc2)c2ccccc2)c1. The van der Waals surface area contributed by atoms with Crippen LogP contribution in [0.5, 0.6) is 5.75 Å². The normalized spacial score (nSPS) is 17.4. The van der Waals surface area contributed by atoms with Crippen LogP contribution in [0.1, 0.15) is 34.7 Å². The zero-order valence-electron chi connectivity index (χ0n) is 15.8. The number of nitrogens with zero attached hydrogens (tertiary/aromatic N) is 1. The highest BCUT2D eigenvalue weighted by Gasteiger charge is 2.39. The molecule has 0 bridgehead atoms. The van der Waals surface area contributed by atoms with Gasteiger partial charge in [-0.25, -0.2) is 0 Å². The molecule has 0 amide bonds. The molecule has 1 aliphatic heterocycles. The number of benzene rings is 3. The summed E-state index contributed by atoms with van der Waals surface area (Å²) in [7, 11) is 3.80. The molecule has 1 fully saturated rings. The molecule has 3 aromatic carbocycles. The van der Waals surface area contributed by atoms with Gasteiger partial charge in [-0.1, -0.05) is 66.7 Å². The van der Waals surface area contributed by atoms with E-state index in [1.165, 1.54) is 0 Å². The molecule has 1 heterocycles. The third kappa shape index (κ3) is 3.03. The van der Waals surface area contributed by atoms with Crippen molar-refractivity contribution in [3.63, 3.8) is 0 Å². The lowest BCUT2D eigenvalue weighted by Crippen LogP contribution is -2.40. The Labute approximate surface area is 160 Å². The average Bonchev–Trinajstić information content (AvgIpc) is 2.73. The van der Waals surface area contributed by atoms with Crippen molar-refractivity contribution in [1.29, 1.82) is 0 Å². The molecule has 0 aromatic heterocycles. The lowest BCUT2D eigenvalue weighted by molar-refractivity contribution is 0.104. The molecule has 27 heavy (non-hydrogen) atoms. The molecule has 1 atom stereocenters. The Morgan fingerprint density at radius 1 is 0.926 bits per heavy atom. The number of hydrogen-bond acceptors (Lipinski definition) is 3. The highest BCUT2D eigenvalue weighted by atomic mass is 16.5. The first-order valence-corrected chi connectivity index (χ1v) is 9.36. The molecular formula is C24H25NO2. The van der Waals surface area contributed by atoms with Crippen molar-refractivity contribution < 1.29 is 9.84 Å². The highest BCUT2D eigenvalue weighted by Crippen LogP contribution is 2.44. The van der Waals surface area contributed by atoms with E-state index < -0.39 is 5.60 Å². The predicted molar refractivity (Wildman–Crippen MR) is 108 cm³/mol. The summed E-state index contributed by atoms with van der Waals surface area (Å²) in [5, 5.41) is 12.2. The fourth-order valence-corrected chi connectivity index (χ4v) is 4.01. The molecule has 0 spiro atoms. The second-order valence-corrected chi connectivity index (χ2v) is 7.18. The average molecular weight is 359 g/mol. The minimum absolute atomic E-state index is 0.310. The lowest BCUT2D eigenvalue weighted by atomic mass is 9.76. The van der Waals surface area contributed by atoms with Crippen molar-refractivity contribution in [3.05, 3.63) is 101 Å². The van der Waals surface area contributed by atoms with Gasteiger partial charge in [-0.05, 0) is 42.3 Å². The van der Waals surface area contributed by atoms with E-state index in [0.29, 0.717) is 6.04 Å². The van der Waals surface area contributed by atoms with E-state index in [4.69, 9.17) is 4.74 Å². The van der Waals surface area contributed by atoms with E-state index in [9.17, 15) is 5.11 Å². The second kappa shape index (κ2) is 7.18. The smallest absolute Gasteiger partial charge is 0.141 e. The van der Waals surface area contributed by atoms with Crippen molar-refractivity contribution in [3.8, 4) is 5.75 Å². The van der Waals surface area contributed by atoms with Crippen molar-refractivity contribution in [2.75, 3.05) is 20.7 Å². The van der Waals surface area contributed by atoms with Gasteiger partial charge in [0, 0.05) is 18.2 Å². The number of rotatable bonds is 5. The Balaban J connectivity index is 1.98. The van der Waals surface area contributed by atoms with Gasteiger partial charge in [0.05, 0.1) is 7.11 Å². The van der Waals surface area contributed by atoms with Gasteiger partial charge in [0.1, 0.15) is 11.4 Å². The van der Waals surface area contributed by atoms with Crippen LogP contribution >= 0.6 is 0 Å². The van der Waals surface area contributed by atoms with Crippen molar-refractivity contribution in [2.24, 2.45) is 0 Å². The van der Waals surface area contributed by atoms with Crippen LogP contribution < -0.4 is 4.74 Å². The maximum atomic E-state index is 12.2. The van der Waals surface area contributed by atoms with Crippen LogP contribution in [-0.2, 0) is 5.60 Å². The van der Waals surface area contributed by atoms with Gasteiger partial charge >= 0.3 is 0 Å². The number of hydrogen-bond donors (Lipinski definition) is 1. The third-order valence-electron chi connectivity index (χ3n) is 5.68. The van der Waals surface area contributed by atoms with E-state index in [1.54, 1.807) is 7.11 Å². The van der Waals surface area contributed by atoms with Crippen LogP contribution in [0.3, 0.4) is 0 Å². The summed E-state index contributed by atoms with van der Waals surface area (Å²) in [6.07, 6.45) is 1.09. The molecule has 3 aromatic rings. The molecule has 1 saturated heterocycles. The van der Waals surface area contributed by atoms with Crippen molar-refractivity contribution in [2.45, 2.75) is 18.1 Å². The summed E-state index contributed by atoms with van der Waals surface area (Å²) in [6.45, 7) is 1.07.